The van der Waals surface area contributed by atoms with E-state index in [1.165, 1.54) is 6.42 Å². The van der Waals surface area contributed by atoms with Crippen molar-refractivity contribution in [3.8, 4) is 0 Å². The van der Waals surface area contributed by atoms with Gasteiger partial charge in [-0.15, -0.1) is 0 Å². The second-order valence-electron chi connectivity index (χ2n) is 3.79. The SMILES string of the molecule is C[C@@H]1NCC[C@H]1CCCB(O)O.O=C=O. The summed E-state index contributed by atoms with van der Waals surface area (Å²) in [5.74, 6) is 0.740. The molecule has 1 rings (SSSR count). The molecule has 0 aromatic rings. The standard InChI is InChI=1S/C8H18BNO2.CO2/c1-7-8(4-6-10-7)3-2-5-9(11)12;2-1-3/h7-8,10-12H,2-6H2,1H3;/t7-,8+;/m0./s1. The zero-order valence-electron chi connectivity index (χ0n) is 8.98. The van der Waals surface area contributed by atoms with Crippen LogP contribution in [-0.4, -0.2) is 35.9 Å². The quantitative estimate of drug-likeness (QED) is 0.558. The van der Waals surface area contributed by atoms with Gasteiger partial charge in [-0.25, -0.2) is 0 Å². The average Bonchev–Trinajstić information content (AvgIpc) is 2.53. The molecule has 0 bridgehead atoms. The lowest BCUT2D eigenvalue weighted by molar-refractivity contribution is -0.191. The van der Waals surface area contributed by atoms with Crippen LogP contribution in [0.15, 0.2) is 0 Å². The molecule has 0 aliphatic carbocycles. The summed E-state index contributed by atoms with van der Waals surface area (Å²) in [7, 11) is -1.12. The summed E-state index contributed by atoms with van der Waals surface area (Å²) < 4.78 is 0. The van der Waals surface area contributed by atoms with Crippen molar-refractivity contribution in [2.75, 3.05) is 6.54 Å². The predicted molar refractivity (Wildman–Crippen MR) is 54.8 cm³/mol. The topological polar surface area (TPSA) is 86.6 Å². The van der Waals surface area contributed by atoms with Gasteiger partial charge >= 0.3 is 13.3 Å². The molecule has 0 radical (unpaired) electrons. The first-order chi connectivity index (χ1) is 7.11. The second-order valence-corrected chi connectivity index (χ2v) is 3.79. The maximum Gasteiger partial charge on any atom is 0.451 e. The third-order valence-corrected chi connectivity index (χ3v) is 2.73. The van der Waals surface area contributed by atoms with Gasteiger partial charge in [-0.1, -0.05) is 6.42 Å². The Kier molecular flexibility index (Phi) is 8.23. The van der Waals surface area contributed by atoms with E-state index in [-0.39, 0.29) is 6.15 Å². The number of hydrogen-bond donors (Lipinski definition) is 3. The Hall–Kier alpha value is -0.675. The van der Waals surface area contributed by atoms with E-state index >= 15 is 0 Å². The fraction of sp³-hybridized carbons (Fsp3) is 0.889. The lowest BCUT2D eigenvalue weighted by Crippen LogP contribution is -2.23. The van der Waals surface area contributed by atoms with Gasteiger partial charge in [0.05, 0.1) is 0 Å². The predicted octanol–water partition coefficient (Wildman–Crippen LogP) is -0.346. The molecule has 1 saturated heterocycles. The summed E-state index contributed by atoms with van der Waals surface area (Å²) in [6.45, 7) is 3.32. The van der Waals surface area contributed by atoms with Crippen molar-refractivity contribution in [2.24, 2.45) is 5.92 Å². The van der Waals surface area contributed by atoms with Crippen molar-refractivity contribution in [1.82, 2.24) is 5.32 Å². The van der Waals surface area contributed by atoms with Crippen LogP contribution in [0.2, 0.25) is 6.32 Å². The van der Waals surface area contributed by atoms with E-state index in [2.05, 4.69) is 12.2 Å². The van der Waals surface area contributed by atoms with Crippen molar-refractivity contribution in [3.05, 3.63) is 0 Å². The zero-order chi connectivity index (χ0) is 11.7. The summed E-state index contributed by atoms with van der Waals surface area (Å²) in [5, 5.41) is 20.6. The fourth-order valence-electron chi connectivity index (χ4n) is 1.87. The molecule has 0 aromatic carbocycles. The van der Waals surface area contributed by atoms with Crippen LogP contribution in [0.4, 0.5) is 0 Å². The maximum atomic E-state index is 8.63. The largest absolute Gasteiger partial charge is 0.451 e. The molecule has 5 nitrogen and oxygen atoms in total. The Labute approximate surface area is 90.0 Å². The van der Waals surface area contributed by atoms with E-state index < -0.39 is 7.12 Å². The molecule has 0 saturated carbocycles. The highest BCUT2D eigenvalue weighted by Gasteiger charge is 2.22. The number of carbonyl (C=O) groups excluding carboxylic acids is 2. The first kappa shape index (κ1) is 14.3. The Balaban J connectivity index is 0.000000583. The van der Waals surface area contributed by atoms with Crippen molar-refractivity contribution < 1.29 is 19.6 Å². The zero-order valence-corrected chi connectivity index (χ0v) is 8.98. The van der Waals surface area contributed by atoms with E-state index in [0.717, 1.165) is 25.3 Å². The number of hydrogen-bond acceptors (Lipinski definition) is 5. The first-order valence-corrected chi connectivity index (χ1v) is 5.20. The molecule has 0 spiro atoms. The highest BCUT2D eigenvalue weighted by molar-refractivity contribution is 6.40. The van der Waals surface area contributed by atoms with Crippen molar-refractivity contribution >= 4 is 13.3 Å². The minimum atomic E-state index is -1.12. The molecule has 86 valence electrons. The van der Waals surface area contributed by atoms with Gasteiger partial charge in [0.25, 0.3) is 0 Å². The van der Waals surface area contributed by atoms with Gasteiger partial charge in [-0.3, -0.25) is 0 Å². The van der Waals surface area contributed by atoms with Gasteiger partial charge in [-0.2, -0.15) is 9.59 Å². The Bertz CT molecular complexity index is 195. The minimum Gasteiger partial charge on any atom is -0.427 e. The van der Waals surface area contributed by atoms with Gasteiger partial charge in [0.2, 0.25) is 0 Å². The fourth-order valence-corrected chi connectivity index (χ4v) is 1.87. The molecule has 0 amide bonds. The lowest BCUT2D eigenvalue weighted by atomic mass is 9.81. The minimum absolute atomic E-state index is 0.250. The van der Waals surface area contributed by atoms with Gasteiger partial charge in [0.1, 0.15) is 0 Å². The normalized spacial score (nSPS) is 23.9. The van der Waals surface area contributed by atoms with Crippen LogP contribution in [0.5, 0.6) is 0 Å². The Morgan fingerprint density at radius 2 is 2.07 bits per heavy atom. The third-order valence-electron chi connectivity index (χ3n) is 2.73. The highest BCUT2D eigenvalue weighted by atomic mass is 16.4. The van der Waals surface area contributed by atoms with E-state index in [1.807, 2.05) is 0 Å². The molecule has 6 heteroatoms. The summed E-state index contributed by atoms with van der Waals surface area (Å²) in [5.41, 5.74) is 0. The molecule has 15 heavy (non-hydrogen) atoms. The summed E-state index contributed by atoms with van der Waals surface area (Å²) >= 11 is 0. The van der Waals surface area contributed by atoms with Crippen LogP contribution in [0.1, 0.15) is 26.2 Å². The molecule has 1 aliphatic heterocycles. The number of nitrogens with one attached hydrogen (secondary N) is 1. The van der Waals surface area contributed by atoms with Crippen molar-refractivity contribution in [3.63, 3.8) is 0 Å². The van der Waals surface area contributed by atoms with Crippen LogP contribution in [0, 0.1) is 5.92 Å². The average molecular weight is 215 g/mol. The third kappa shape index (κ3) is 7.28. The lowest BCUT2D eigenvalue weighted by Gasteiger charge is -2.13. The second kappa shape index (κ2) is 8.62. The molecule has 2 atom stereocenters. The monoisotopic (exact) mass is 215 g/mol. The molecule has 1 aliphatic rings. The van der Waals surface area contributed by atoms with Crippen molar-refractivity contribution in [1.29, 1.82) is 0 Å². The van der Waals surface area contributed by atoms with E-state index in [1.54, 1.807) is 0 Å². The molecular formula is C9H18BNO4. The Morgan fingerprint density at radius 3 is 2.47 bits per heavy atom. The van der Waals surface area contributed by atoms with E-state index in [9.17, 15) is 0 Å². The van der Waals surface area contributed by atoms with Gasteiger partial charge in [0, 0.05) is 6.04 Å². The van der Waals surface area contributed by atoms with Crippen LogP contribution < -0.4 is 5.32 Å². The number of rotatable bonds is 4. The van der Waals surface area contributed by atoms with Crippen LogP contribution in [-0.2, 0) is 9.59 Å². The molecule has 0 aromatic heterocycles. The molecule has 3 N–H and O–H groups in total. The van der Waals surface area contributed by atoms with Crippen molar-refractivity contribution in [2.45, 2.75) is 38.5 Å². The first-order valence-electron chi connectivity index (χ1n) is 5.20. The van der Waals surface area contributed by atoms with Gasteiger partial charge < -0.3 is 15.4 Å². The van der Waals surface area contributed by atoms with Crippen LogP contribution >= 0.6 is 0 Å². The van der Waals surface area contributed by atoms with Crippen LogP contribution in [0.3, 0.4) is 0 Å². The van der Waals surface area contributed by atoms with Crippen LogP contribution in [0.25, 0.3) is 0 Å². The molecular weight excluding hydrogens is 197 g/mol. The molecule has 0 unspecified atom stereocenters. The highest BCUT2D eigenvalue weighted by Crippen LogP contribution is 2.21. The van der Waals surface area contributed by atoms with Gasteiger partial charge in [0.15, 0.2) is 0 Å². The summed E-state index contributed by atoms with van der Waals surface area (Å²) in [4.78, 5) is 16.2. The smallest absolute Gasteiger partial charge is 0.427 e. The Morgan fingerprint density at radius 1 is 1.47 bits per heavy atom. The molecule has 1 fully saturated rings. The maximum absolute atomic E-state index is 8.63. The van der Waals surface area contributed by atoms with Gasteiger partial charge in [-0.05, 0) is 38.5 Å². The summed E-state index contributed by atoms with van der Waals surface area (Å²) in [6.07, 6.45) is 4.05. The van der Waals surface area contributed by atoms with E-state index in [4.69, 9.17) is 19.6 Å². The van der Waals surface area contributed by atoms with E-state index in [0.29, 0.717) is 12.4 Å². The summed E-state index contributed by atoms with van der Waals surface area (Å²) in [6, 6.07) is 0.612. The molecule has 1 heterocycles.